The number of nitrogens with zero attached hydrogens (tertiary/aromatic N) is 1. The van der Waals surface area contributed by atoms with E-state index in [0.29, 0.717) is 18.2 Å². The van der Waals surface area contributed by atoms with Crippen molar-refractivity contribution in [2.45, 2.75) is 49.5 Å². The maximum Gasteiger partial charge on any atom is 0.319 e. The molecule has 3 rings (SSSR count). The molecule has 0 aromatic heterocycles. The minimum Gasteiger partial charge on any atom is -0.338 e. The van der Waals surface area contributed by atoms with E-state index in [1.807, 2.05) is 0 Å². The summed E-state index contributed by atoms with van der Waals surface area (Å²) in [7, 11) is -3.72. The van der Waals surface area contributed by atoms with Crippen LogP contribution in [0.2, 0.25) is 0 Å². The molecule has 144 valence electrons. The van der Waals surface area contributed by atoms with E-state index in [4.69, 9.17) is 5.14 Å². The Balaban J connectivity index is 1.41. The fourth-order valence-corrected chi connectivity index (χ4v) is 4.46. The molecule has 0 unspecified atom stereocenters. The Morgan fingerprint density at radius 1 is 1.12 bits per heavy atom. The van der Waals surface area contributed by atoms with Crippen molar-refractivity contribution >= 4 is 21.7 Å². The topological polar surface area (TPSA) is 105 Å². The number of nitrogens with one attached hydrogen (secondary N) is 2. The quantitative estimate of drug-likeness (QED) is 0.727. The number of likely N-dealkylation sites (tertiary alicyclic amines) is 1. The first kappa shape index (κ1) is 19.1. The third-order valence-corrected chi connectivity index (χ3v) is 6.33. The van der Waals surface area contributed by atoms with Crippen LogP contribution in [-0.4, -0.2) is 45.0 Å². The van der Waals surface area contributed by atoms with E-state index >= 15 is 0 Å². The molecule has 1 aliphatic heterocycles. The lowest BCUT2D eigenvalue weighted by molar-refractivity contribution is 0.185. The van der Waals surface area contributed by atoms with Gasteiger partial charge in [0.2, 0.25) is 10.0 Å². The van der Waals surface area contributed by atoms with Crippen LogP contribution < -0.4 is 15.8 Å². The summed E-state index contributed by atoms with van der Waals surface area (Å²) in [4.78, 5) is 14.7. The van der Waals surface area contributed by atoms with E-state index in [0.717, 1.165) is 25.6 Å². The molecule has 1 aromatic rings. The number of carbonyl (C=O) groups excluding carboxylic acids is 1. The highest BCUT2D eigenvalue weighted by Gasteiger charge is 2.29. The van der Waals surface area contributed by atoms with Crippen LogP contribution in [0.5, 0.6) is 0 Å². The van der Waals surface area contributed by atoms with Crippen LogP contribution in [0, 0.1) is 5.92 Å². The number of sulfonamides is 1. The molecule has 0 bridgehead atoms. The van der Waals surface area contributed by atoms with Gasteiger partial charge in [-0.2, -0.15) is 0 Å². The average molecular weight is 381 g/mol. The maximum absolute atomic E-state index is 12.1. The maximum atomic E-state index is 12.1. The zero-order valence-electron chi connectivity index (χ0n) is 15.0. The Kier molecular flexibility index (Phi) is 6.16. The summed E-state index contributed by atoms with van der Waals surface area (Å²) in [5.74, 6) is 0.493. The second-order valence-electron chi connectivity index (χ2n) is 7.35. The summed E-state index contributed by atoms with van der Waals surface area (Å²) in [6.07, 6.45) is 7.81. The molecule has 1 atom stereocenters. The molecule has 1 aromatic carbocycles. The highest BCUT2D eigenvalue weighted by molar-refractivity contribution is 7.89. The molecule has 7 nitrogen and oxygen atoms in total. The Bertz CT molecular complexity index is 714. The van der Waals surface area contributed by atoms with Crippen LogP contribution >= 0.6 is 0 Å². The van der Waals surface area contributed by atoms with Gasteiger partial charge in [-0.05, 0) is 56.0 Å². The number of urea groups is 1. The normalized spacial score (nSPS) is 22.3. The minimum atomic E-state index is -3.72. The van der Waals surface area contributed by atoms with E-state index in [-0.39, 0.29) is 10.9 Å². The number of hydrogen-bond donors (Lipinski definition) is 3. The molecule has 2 fully saturated rings. The van der Waals surface area contributed by atoms with Gasteiger partial charge in [-0.25, -0.2) is 18.4 Å². The summed E-state index contributed by atoms with van der Waals surface area (Å²) >= 11 is 0. The van der Waals surface area contributed by atoms with Gasteiger partial charge in [-0.3, -0.25) is 0 Å². The molecular formula is C18H28N4O3S. The van der Waals surface area contributed by atoms with Gasteiger partial charge >= 0.3 is 6.03 Å². The lowest BCUT2D eigenvalue weighted by Crippen LogP contribution is -2.37. The van der Waals surface area contributed by atoms with E-state index in [9.17, 15) is 13.2 Å². The third kappa shape index (κ3) is 5.18. The van der Waals surface area contributed by atoms with Crippen molar-refractivity contribution in [3.05, 3.63) is 24.3 Å². The summed E-state index contributed by atoms with van der Waals surface area (Å²) in [5, 5.41) is 10.7. The highest BCUT2D eigenvalue weighted by Crippen LogP contribution is 2.27. The second-order valence-corrected chi connectivity index (χ2v) is 8.91. The Morgan fingerprint density at radius 2 is 1.81 bits per heavy atom. The van der Waals surface area contributed by atoms with E-state index in [1.165, 1.54) is 56.4 Å². The number of amides is 2. The fraction of sp³-hybridized carbons (Fsp3) is 0.611. The first-order valence-electron chi connectivity index (χ1n) is 9.33. The predicted octanol–water partition coefficient (Wildman–Crippen LogP) is 2.11. The number of hydrogen-bond acceptors (Lipinski definition) is 4. The molecule has 1 heterocycles. The monoisotopic (exact) mass is 380 g/mol. The summed E-state index contributed by atoms with van der Waals surface area (Å²) in [6.45, 7) is 2.85. The molecule has 4 N–H and O–H groups in total. The number of primary sulfonamides is 1. The van der Waals surface area contributed by atoms with Gasteiger partial charge in [0.05, 0.1) is 4.90 Å². The van der Waals surface area contributed by atoms with Gasteiger partial charge in [-0.15, -0.1) is 0 Å². The van der Waals surface area contributed by atoms with Crippen molar-refractivity contribution in [2.75, 3.05) is 25.0 Å². The summed E-state index contributed by atoms with van der Waals surface area (Å²) < 4.78 is 22.5. The van der Waals surface area contributed by atoms with Crippen molar-refractivity contribution in [3.63, 3.8) is 0 Å². The average Bonchev–Trinajstić information content (AvgIpc) is 3.09. The summed E-state index contributed by atoms with van der Waals surface area (Å²) in [5.41, 5.74) is 0.533. The first-order valence-corrected chi connectivity index (χ1v) is 10.9. The van der Waals surface area contributed by atoms with E-state index in [2.05, 4.69) is 15.5 Å². The lowest BCUT2D eigenvalue weighted by Gasteiger charge is -2.31. The molecule has 26 heavy (non-hydrogen) atoms. The van der Waals surface area contributed by atoms with Gasteiger partial charge in [0.1, 0.15) is 0 Å². The fourth-order valence-electron chi connectivity index (χ4n) is 3.95. The molecule has 1 saturated heterocycles. The SMILES string of the molecule is NS(=O)(=O)c1ccc(NC(=O)NC[C@H]2CCN(C3CCCCC3)C2)cc1. The molecular weight excluding hydrogens is 352 g/mol. The molecule has 1 aliphatic carbocycles. The van der Waals surface area contributed by atoms with Crippen LogP contribution in [0.15, 0.2) is 29.2 Å². The van der Waals surface area contributed by atoms with E-state index in [1.54, 1.807) is 0 Å². The Morgan fingerprint density at radius 3 is 2.46 bits per heavy atom. The van der Waals surface area contributed by atoms with Crippen molar-refractivity contribution in [3.8, 4) is 0 Å². The van der Waals surface area contributed by atoms with Crippen molar-refractivity contribution in [1.29, 1.82) is 0 Å². The van der Waals surface area contributed by atoms with Crippen LogP contribution in [0.3, 0.4) is 0 Å². The van der Waals surface area contributed by atoms with Gasteiger partial charge < -0.3 is 15.5 Å². The molecule has 8 heteroatoms. The number of rotatable bonds is 5. The molecule has 0 radical (unpaired) electrons. The lowest BCUT2D eigenvalue weighted by atomic mass is 9.94. The van der Waals surface area contributed by atoms with Gasteiger partial charge in [0, 0.05) is 24.8 Å². The smallest absolute Gasteiger partial charge is 0.319 e. The minimum absolute atomic E-state index is 0.0252. The third-order valence-electron chi connectivity index (χ3n) is 5.40. The van der Waals surface area contributed by atoms with Gasteiger partial charge in [0.15, 0.2) is 0 Å². The van der Waals surface area contributed by atoms with Crippen LogP contribution in [0.4, 0.5) is 10.5 Å². The van der Waals surface area contributed by atoms with Crippen LogP contribution in [0.1, 0.15) is 38.5 Å². The van der Waals surface area contributed by atoms with Crippen molar-refractivity contribution in [1.82, 2.24) is 10.2 Å². The zero-order chi connectivity index (χ0) is 18.6. The van der Waals surface area contributed by atoms with E-state index < -0.39 is 10.0 Å². The zero-order valence-corrected chi connectivity index (χ0v) is 15.8. The molecule has 2 aliphatic rings. The Labute approximate surface area is 155 Å². The van der Waals surface area contributed by atoms with Crippen molar-refractivity contribution in [2.24, 2.45) is 11.1 Å². The second kappa shape index (κ2) is 8.37. The molecule has 0 spiro atoms. The number of nitrogens with two attached hydrogens (primary N) is 1. The standard InChI is InChI=1S/C18H28N4O3S/c19-26(24,25)17-8-6-15(7-9-17)21-18(23)20-12-14-10-11-22(13-14)16-4-2-1-3-5-16/h6-9,14,16H,1-5,10-13H2,(H2,19,24,25)(H2,20,21,23)/t14-/m1/s1. The first-order chi connectivity index (χ1) is 12.4. The number of benzene rings is 1. The molecule has 2 amide bonds. The summed E-state index contributed by atoms with van der Waals surface area (Å²) in [6, 6.07) is 6.28. The van der Waals surface area contributed by atoms with Crippen molar-refractivity contribution < 1.29 is 13.2 Å². The van der Waals surface area contributed by atoms with Crippen LogP contribution in [0.25, 0.3) is 0 Å². The number of carbonyl (C=O) groups is 1. The van der Waals surface area contributed by atoms with Gasteiger partial charge in [0.25, 0.3) is 0 Å². The molecule has 1 saturated carbocycles. The van der Waals surface area contributed by atoms with Gasteiger partial charge in [-0.1, -0.05) is 19.3 Å². The predicted molar refractivity (Wildman–Crippen MR) is 101 cm³/mol. The van der Waals surface area contributed by atoms with Crippen LogP contribution in [-0.2, 0) is 10.0 Å². The Hall–Kier alpha value is -1.64. The highest BCUT2D eigenvalue weighted by atomic mass is 32.2. The number of anilines is 1. The largest absolute Gasteiger partial charge is 0.338 e.